The van der Waals surface area contributed by atoms with Gasteiger partial charge >= 0.3 is 0 Å². The molecular formula is C20H25NO3. The van der Waals surface area contributed by atoms with E-state index in [0.717, 1.165) is 17.9 Å². The molecule has 0 aliphatic heterocycles. The number of methoxy groups -OCH3 is 3. The van der Waals surface area contributed by atoms with Crippen LogP contribution in [0.25, 0.3) is 0 Å². The number of benzene rings is 2. The smallest absolute Gasteiger partial charge is 0.203 e. The van der Waals surface area contributed by atoms with E-state index in [1.165, 1.54) is 18.4 Å². The maximum Gasteiger partial charge on any atom is 0.203 e. The first kappa shape index (κ1) is 16.7. The van der Waals surface area contributed by atoms with Gasteiger partial charge in [0.25, 0.3) is 0 Å². The number of nitrogens with one attached hydrogen (secondary N) is 1. The van der Waals surface area contributed by atoms with Crippen molar-refractivity contribution in [3.8, 4) is 17.2 Å². The molecule has 4 nitrogen and oxygen atoms in total. The summed E-state index contributed by atoms with van der Waals surface area (Å²) in [5.41, 5.74) is 2.53. The minimum Gasteiger partial charge on any atom is -0.493 e. The first-order valence-electron chi connectivity index (χ1n) is 8.33. The summed E-state index contributed by atoms with van der Waals surface area (Å²) in [4.78, 5) is 0. The fraction of sp³-hybridized carbons (Fsp3) is 0.400. The quantitative estimate of drug-likeness (QED) is 0.841. The Bertz CT molecular complexity index is 666. The van der Waals surface area contributed by atoms with Gasteiger partial charge in [-0.05, 0) is 30.4 Å². The molecule has 0 radical (unpaired) electrons. The average Bonchev–Trinajstić information content (AvgIpc) is 2.60. The van der Waals surface area contributed by atoms with Gasteiger partial charge in [0, 0.05) is 18.2 Å². The number of hydrogen-bond acceptors (Lipinski definition) is 4. The molecule has 24 heavy (non-hydrogen) atoms. The van der Waals surface area contributed by atoms with Gasteiger partial charge in [0.1, 0.15) is 0 Å². The Balaban J connectivity index is 1.60. The molecule has 0 amide bonds. The lowest BCUT2D eigenvalue weighted by Gasteiger charge is -2.36. The third-order valence-corrected chi connectivity index (χ3v) is 4.78. The highest BCUT2D eigenvalue weighted by atomic mass is 16.5. The summed E-state index contributed by atoms with van der Waals surface area (Å²) in [6.45, 7) is 0.760. The van der Waals surface area contributed by atoms with Gasteiger partial charge in [-0.3, -0.25) is 0 Å². The highest BCUT2D eigenvalue weighted by Crippen LogP contribution is 2.40. The van der Waals surface area contributed by atoms with Gasteiger partial charge in [-0.1, -0.05) is 36.4 Å². The first-order chi connectivity index (χ1) is 11.8. The molecule has 0 unspecified atom stereocenters. The molecule has 1 aliphatic rings. The zero-order chi connectivity index (χ0) is 16.9. The lowest BCUT2D eigenvalue weighted by Crippen LogP contribution is -2.39. The highest BCUT2D eigenvalue weighted by Gasteiger charge is 2.30. The zero-order valence-corrected chi connectivity index (χ0v) is 14.5. The van der Waals surface area contributed by atoms with E-state index >= 15 is 0 Å². The number of hydrogen-bond donors (Lipinski definition) is 1. The van der Waals surface area contributed by atoms with Gasteiger partial charge in [0.15, 0.2) is 11.5 Å². The second-order valence-corrected chi connectivity index (χ2v) is 6.15. The molecule has 0 spiro atoms. The minimum absolute atomic E-state index is 0.549. The molecule has 2 aromatic rings. The van der Waals surface area contributed by atoms with E-state index in [1.54, 1.807) is 21.3 Å². The van der Waals surface area contributed by atoms with E-state index in [4.69, 9.17) is 14.2 Å². The Hall–Kier alpha value is -2.20. The monoisotopic (exact) mass is 327 g/mol. The molecule has 4 heteroatoms. The average molecular weight is 327 g/mol. The van der Waals surface area contributed by atoms with Crippen LogP contribution in [0, 0.1) is 0 Å². The van der Waals surface area contributed by atoms with Crippen LogP contribution >= 0.6 is 0 Å². The zero-order valence-electron chi connectivity index (χ0n) is 14.5. The van der Waals surface area contributed by atoms with Gasteiger partial charge < -0.3 is 19.5 Å². The molecule has 0 heterocycles. The minimum atomic E-state index is 0.549. The predicted octanol–water partition coefficient (Wildman–Crippen LogP) is 3.75. The molecule has 0 aromatic heterocycles. The molecule has 1 fully saturated rings. The van der Waals surface area contributed by atoms with Crippen LogP contribution in [0.2, 0.25) is 0 Å². The van der Waals surface area contributed by atoms with Crippen molar-refractivity contribution in [3.05, 3.63) is 53.6 Å². The maximum absolute atomic E-state index is 5.54. The Morgan fingerprint density at radius 2 is 1.58 bits per heavy atom. The Morgan fingerprint density at radius 1 is 0.875 bits per heavy atom. The summed E-state index contributed by atoms with van der Waals surface area (Å²) < 4.78 is 16.3. The lowest BCUT2D eigenvalue weighted by molar-refractivity contribution is 0.285. The van der Waals surface area contributed by atoms with Gasteiger partial charge in [-0.2, -0.15) is 0 Å². The molecule has 3 rings (SSSR count). The molecule has 1 aliphatic carbocycles. The molecule has 1 N–H and O–H groups in total. The van der Waals surface area contributed by atoms with Crippen molar-refractivity contribution in [2.75, 3.05) is 21.3 Å². The van der Waals surface area contributed by atoms with Crippen LogP contribution in [0.1, 0.15) is 29.9 Å². The van der Waals surface area contributed by atoms with Crippen LogP contribution < -0.4 is 19.5 Å². The van der Waals surface area contributed by atoms with Crippen molar-refractivity contribution in [1.82, 2.24) is 5.32 Å². The normalized spacial score (nSPS) is 19.5. The van der Waals surface area contributed by atoms with Crippen molar-refractivity contribution in [3.63, 3.8) is 0 Å². The van der Waals surface area contributed by atoms with E-state index in [0.29, 0.717) is 23.5 Å². The lowest BCUT2D eigenvalue weighted by atomic mass is 9.76. The molecule has 0 bridgehead atoms. The summed E-state index contributed by atoms with van der Waals surface area (Å²) in [6, 6.07) is 15.2. The summed E-state index contributed by atoms with van der Waals surface area (Å²) in [6.07, 6.45) is 2.36. The summed E-state index contributed by atoms with van der Waals surface area (Å²) in [7, 11) is 4.93. The topological polar surface area (TPSA) is 39.7 Å². The number of rotatable bonds is 7. The molecule has 0 atom stereocenters. The predicted molar refractivity (Wildman–Crippen MR) is 95.1 cm³/mol. The van der Waals surface area contributed by atoms with E-state index < -0.39 is 0 Å². The van der Waals surface area contributed by atoms with Crippen LogP contribution in [0.5, 0.6) is 17.2 Å². The van der Waals surface area contributed by atoms with Crippen LogP contribution in [0.4, 0.5) is 0 Å². The van der Waals surface area contributed by atoms with Gasteiger partial charge in [0.2, 0.25) is 5.75 Å². The largest absolute Gasteiger partial charge is 0.493 e. The van der Waals surface area contributed by atoms with Crippen LogP contribution in [-0.2, 0) is 6.54 Å². The van der Waals surface area contributed by atoms with Crippen LogP contribution in [0.3, 0.4) is 0 Å². The van der Waals surface area contributed by atoms with Gasteiger partial charge in [0.05, 0.1) is 21.3 Å². The van der Waals surface area contributed by atoms with Crippen molar-refractivity contribution >= 4 is 0 Å². The van der Waals surface area contributed by atoms with Crippen LogP contribution in [0.15, 0.2) is 42.5 Å². The maximum atomic E-state index is 5.54. The first-order valence-corrected chi connectivity index (χ1v) is 8.33. The van der Waals surface area contributed by atoms with Crippen molar-refractivity contribution in [2.24, 2.45) is 0 Å². The molecule has 128 valence electrons. The van der Waals surface area contributed by atoms with Crippen molar-refractivity contribution < 1.29 is 14.2 Å². The third-order valence-electron chi connectivity index (χ3n) is 4.78. The Morgan fingerprint density at radius 3 is 2.21 bits per heavy atom. The molecule has 2 aromatic carbocycles. The fourth-order valence-electron chi connectivity index (χ4n) is 3.34. The molecule has 0 saturated heterocycles. The van der Waals surface area contributed by atoms with Crippen molar-refractivity contribution in [1.29, 1.82) is 0 Å². The Kier molecular flexibility index (Phi) is 5.26. The van der Waals surface area contributed by atoms with Gasteiger partial charge in [-0.25, -0.2) is 0 Å². The summed E-state index contributed by atoms with van der Waals surface area (Å²) in [5.74, 6) is 2.75. The SMILES string of the molecule is COc1ccc(CNC2CC(c3ccccc3)C2)c(OC)c1OC. The van der Waals surface area contributed by atoms with E-state index in [1.807, 2.05) is 12.1 Å². The van der Waals surface area contributed by atoms with E-state index in [2.05, 4.69) is 35.6 Å². The second-order valence-electron chi connectivity index (χ2n) is 6.15. The molecular weight excluding hydrogens is 302 g/mol. The fourth-order valence-corrected chi connectivity index (χ4v) is 3.34. The molecule has 1 saturated carbocycles. The summed E-state index contributed by atoms with van der Waals surface area (Å²) >= 11 is 0. The van der Waals surface area contributed by atoms with Crippen molar-refractivity contribution in [2.45, 2.75) is 31.3 Å². The highest BCUT2D eigenvalue weighted by molar-refractivity contribution is 5.55. The van der Waals surface area contributed by atoms with E-state index in [9.17, 15) is 0 Å². The standard InChI is InChI=1S/C20H25NO3/c1-22-18-10-9-15(19(23-2)20(18)24-3)13-21-17-11-16(12-17)14-7-5-4-6-8-14/h4-10,16-17,21H,11-13H2,1-3H3. The van der Waals surface area contributed by atoms with Gasteiger partial charge in [-0.15, -0.1) is 0 Å². The number of ether oxygens (including phenoxy) is 3. The van der Waals surface area contributed by atoms with Crippen LogP contribution in [-0.4, -0.2) is 27.4 Å². The third kappa shape index (κ3) is 3.34. The Labute approximate surface area is 143 Å². The van der Waals surface area contributed by atoms with E-state index in [-0.39, 0.29) is 0 Å². The summed E-state index contributed by atoms with van der Waals surface area (Å²) in [5, 5.41) is 3.62. The second kappa shape index (κ2) is 7.58.